The number of thiophene rings is 1. The Morgan fingerprint density at radius 1 is 1.38 bits per heavy atom. The standard InChI is InChI=1S/C16H19N3OS/c1-2-17-15-7-3-6-14(18-15)16(20)19(12-8-9-12)11-13-5-4-10-21-13/h3-7,10,12H,2,8-9,11H2,1H3,(H,17,18). The van der Waals surface area contributed by atoms with Gasteiger partial charge >= 0.3 is 0 Å². The molecule has 0 radical (unpaired) electrons. The number of nitrogens with zero attached hydrogens (tertiary/aromatic N) is 2. The van der Waals surface area contributed by atoms with E-state index < -0.39 is 0 Å². The van der Waals surface area contributed by atoms with Crippen molar-refractivity contribution in [3.63, 3.8) is 0 Å². The Morgan fingerprint density at radius 2 is 2.24 bits per heavy atom. The van der Waals surface area contributed by atoms with E-state index in [2.05, 4.69) is 21.7 Å². The van der Waals surface area contributed by atoms with Gasteiger partial charge in [-0.1, -0.05) is 12.1 Å². The van der Waals surface area contributed by atoms with Crippen molar-refractivity contribution in [2.45, 2.75) is 32.4 Å². The second kappa shape index (κ2) is 6.26. The fourth-order valence-electron chi connectivity index (χ4n) is 2.30. The van der Waals surface area contributed by atoms with Gasteiger partial charge in [0.05, 0.1) is 6.54 Å². The maximum atomic E-state index is 12.7. The van der Waals surface area contributed by atoms with Gasteiger partial charge in [0.2, 0.25) is 0 Å². The highest BCUT2D eigenvalue weighted by Crippen LogP contribution is 2.30. The molecule has 1 aliphatic rings. The highest BCUT2D eigenvalue weighted by atomic mass is 32.1. The molecule has 3 rings (SSSR count). The minimum absolute atomic E-state index is 0.0330. The quantitative estimate of drug-likeness (QED) is 0.889. The van der Waals surface area contributed by atoms with Crippen molar-refractivity contribution >= 4 is 23.1 Å². The third kappa shape index (κ3) is 3.42. The Morgan fingerprint density at radius 3 is 2.90 bits per heavy atom. The molecule has 0 aromatic carbocycles. The molecule has 1 amide bonds. The number of aromatic nitrogens is 1. The number of rotatable bonds is 6. The summed E-state index contributed by atoms with van der Waals surface area (Å²) in [5.74, 6) is 0.792. The molecule has 0 atom stereocenters. The molecule has 1 fully saturated rings. The van der Waals surface area contributed by atoms with Gasteiger partial charge in [-0.2, -0.15) is 0 Å². The predicted molar refractivity (Wildman–Crippen MR) is 85.6 cm³/mol. The van der Waals surface area contributed by atoms with Crippen molar-refractivity contribution in [3.05, 3.63) is 46.3 Å². The van der Waals surface area contributed by atoms with E-state index in [1.165, 1.54) is 4.88 Å². The molecular weight excluding hydrogens is 282 g/mol. The second-order valence-electron chi connectivity index (χ2n) is 5.18. The fourth-order valence-corrected chi connectivity index (χ4v) is 3.01. The minimum Gasteiger partial charge on any atom is -0.370 e. The van der Waals surface area contributed by atoms with Crippen LogP contribution in [-0.2, 0) is 6.54 Å². The van der Waals surface area contributed by atoms with Crippen LogP contribution >= 0.6 is 11.3 Å². The molecule has 2 heterocycles. The van der Waals surface area contributed by atoms with E-state index in [1.54, 1.807) is 17.4 Å². The number of carbonyl (C=O) groups is 1. The lowest BCUT2D eigenvalue weighted by Gasteiger charge is -2.21. The summed E-state index contributed by atoms with van der Waals surface area (Å²) in [7, 11) is 0. The Hall–Kier alpha value is -1.88. The van der Waals surface area contributed by atoms with Crippen LogP contribution in [0.3, 0.4) is 0 Å². The summed E-state index contributed by atoms with van der Waals surface area (Å²) in [5, 5.41) is 5.20. The zero-order chi connectivity index (χ0) is 14.7. The van der Waals surface area contributed by atoms with Crippen LogP contribution < -0.4 is 5.32 Å². The molecule has 0 bridgehead atoms. The lowest BCUT2D eigenvalue weighted by atomic mass is 10.3. The molecule has 4 nitrogen and oxygen atoms in total. The van der Waals surface area contributed by atoms with Gasteiger partial charge in [-0.15, -0.1) is 11.3 Å². The van der Waals surface area contributed by atoms with Gasteiger partial charge in [-0.3, -0.25) is 4.79 Å². The van der Waals surface area contributed by atoms with E-state index in [0.29, 0.717) is 18.3 Å². The molecule has 0 aliphatic heterocycles. The Balaban J connectivity index is 1.79. The van der Waals surface area contributed by atoms with Crippen molar-refractivity contribution in [1.82, 2.24) is 9.88 Å². The van der Waals surface area contributed by atoms with Gasteiger partial charge in [0.15, 0.2) is 0 Å². The van der Waals surface area contributed by atoms with Gasteiger partial charge in [0.25, 0.3) is 5.91 Å². The average molecular weight is 301 g/mol. The molecule has 2 aromatic heterocycles. The Bertz CT molecular complexity index is 608. The summed E-state index contributed by atoms with van der Waals surface area (Å²) in [6.45, 7) is 3.50. The van der Waals surface area contributed by atoms with Crippen molar-refractivity contribution in [2.24, 2.45) is 0 Å². The first-order valence-electron chi connectivity index (χ1n) is 7.32. The molecular formula is C16H19N3OS. The van der Waals surface area contributed by atoms with Crippen LogP contribution in [0.15, 0.2) is 35.7 Å². The SMILES string of the molecule is CCNc1cccc(C(=O)N(Cc2cccs2)C2CC2)n1. The van der Waals surface area contributed by atoms with Gasteiger partial charge in [-0.05, 0) is 43.3 Å². The topological polar surface area (TPSA) is 45.2 Å². The number of nitrogens with one attached hydrogen (secondary N) is 1. The summed E-state index contributed by atoms with van der Waals surface area (Å²) in [6.07, 6.45) is 2.20. The highest BCUT2D eigenvalue weighted by Gasteiger charge is 2.33. The number of amides is 1. The third-order valence-corrected chi connectivity index (χ3v) is 4.34. The summed E-state index contributed by atoms with van der Waals surface area (Å²) >= 11 is 1.69. The maximum absolute atomic E-state index is 12.7. The monoisotopic (exact) mass is 301 g/mol. The molecule has 1 N–H and O–H groups in total. The van der Waals surface area contributed by atoms with E-state index in [1.807, 2.05) is 30.0 Å². The van der Waals surface area contributed by atoms with E-state index >= 15 is 0 Å². The largest absolute Gasteiger partial charge is 0.370 e. The summed E-state index contributed by atoms with van der Waals surface area (Å²) in [6, 6.07) is 10.1. The van der Waals surface area contributed by atoms with E-state index in [-0.39, 0.29) is 5.91 Å². The van der Waals surface area contributed by atoms with Crippen LogP contribution in [0.1, 0.15) is 35.1 Å². The van der Waals surface area contributed by atoms with Crippen molar-refractivity contribution in [2.75, 3.05) is 11.9 Å². The number of hydrogen-bond acceptors (Lipinski definition) is 4. The number of hydrogen-bond donors (Lipinski definition) is 1. The molecule has 0 unspecified atom stereocenters. The first-order chi connectivity index (χ1) is 10.3. The first kappa shape index (κ1) is 14.1. The molecule has 2 aromatic rings. The van der Waals surface area contributed by atoms with Crippen molar-refractivity contribution in [1.29, 1.82) is 0 Å². The number of anilines is 1. The predicted octanol–water partition coefficient (Wildman–Crippen LogP) is 3.38. The molecule has 0 spiro atoms. The molecule has 21 heavy (non-hydrogen) atoms. The Kier molecular flexibility index (Phi) is 4.20. The average Bonchev–Trinajstić information content (AvgIpc) is 3.21. The summed E-state index contributed by atoms with van der Waals surface area (Å²) in [5.41, 5.74) is 0.525. The van der Waals surface area contributed by atoms with Crippen LogP contribution in [0.4, 0.5) is 5.82 Å². The lowest BCUT2D eigenvalue weighted by Crippen LogP contribution is -2.33. The highest BCUT2D eigenvalue weighted by molar-refractivity contribution is 7.09. The van der Waals surface area contributed by atoms with Crippen LogP contribution in [0.25, 0.3) is 0 Å². The smallest absolute Gasteiger partial charge is 0.273 e. The normalized spacial score (nSPS) is 14.0. The molecule has 1 saturated carbocycles. The van der Waals surface area contributed by atoms with Gasteiger partial charge in [-0.25, -0.2) is 4.98 Å². The Labute approximate surface area is 128 Å². The zero-order valence-corrected chi connectivity index (χ0v) is 12.9. The molecule has 110 valence electrons. The van der Waals surface area contributed by atoms with Crippen LogP contribution in [-0.4, -0.2) is 28.4 Å². The van der Waals surface area contributed by atoms with Gasteiger partial charge in [0.1, 0.15) is 11.5 Å². The van der Waals surface area contributed by atoms with E-state index in [0.717, 1.165) is 25.2 Å². The number of pyridine rings is 1. The van der Waals surface area contributed by atoms with Crippen LogP contribution in [0.5, 0.6) is 0 Å². The zero-order valence-electron chi connectivity index (χ0n) is 12.1. The van der Waals surface area contributed by atoms with Crippen LogP contribution in [0.2, 0.25) is 0 Å². The summed E-state index contributed by atoms with van der Waals surface area (Å²) < 4.78 is 0. The summed E-state index contributed by atoms with van der Waals surface area (Å²) in [4.78, 5) is 20.4. The van der Waals surface area contributed by atoms with Crippen molar-refractivity contribution in [3.8, 4) is 0 Å². The molecule has 0 saturated heterocycles. The van der Waals surface area contributed by atoms with Crippen LogP contribution in [0, 0.1) is 0 Å². The molecule has 5 heteroatoms. The number of carbonyl (C=O) groups excluding carboxylic acids is 1. The molecule has 1 aliphatic carbocycles. The minimum atomic E-state index is 0.0330. The fraction of sp³-hybridized carbons (Fsp3) is 0.375. The lowest BCUT2D eigenvalue weighted by molar-refractivity contribution is 0.0726. The second-order valence-corrected chi connectivity index (χ2v) is 6.21. The van der Waals surface area contributed by atoms with E-state index in [9.17, 15) is 4.79 Å². The maximum Gasteiger partial charge on any atom is 0.273 e. The third-order valence-electron chi connectivity index (χ3n) is 3.48. The van der Waals surface area contributed by atoms with Gasteiger partial charge in [0, 0.05) is 17.5 Å². The first-order valence-corrected chi connectivity index (χ1v) is 8.20. The van der Waals surface area contributed by atoms with Gasteiger partial charge < -0.3 is 10.2 Å². The van der Waals surface area contributed by atoms with Crippen molar-refractivity contribution < 1.29 is 4.79 Å². The van der Waals surface area contributed by atoms with E-state index in [4.69, 9.17) is 0 Å².